The van der Waals surface area contributed by atoms with Crippen molar-refractivity contribution in [3.63, 3.8) is 0 Å². The highest BCUT2D eigenvalue weighted by Gasteiger charge is 2.48. The van der Waals surface area contributed by atoms with E-state index in [4.69, 9.17) is 23.4 Å². The van der Waals surface area contributed by atoms with Crippen molar-refractivity contribution in [3.8, 4) is 11.5 Å². The maximum atomic E-state index is 13.1. The second-order valence-corrected chi connectivity index (χ2v) is 8.72. The van der Waals surface area contributed by atoms with E-state index in [0.29, 0.717) is 11.5 Å². The summed E-state index contributed by atoms with van der Waals surface area (Å²) < 4.78 is 34.3. The summed E-state index contributed by atoms with van der Waals surface area (Å²) in [7, 11) is 0.978. The van der Waals surface area contributed by atoms with Gasteiger partial charge in [0, 0.05) is 25.1 Å². The van der Waals surface area contributed by atoms with Crippen molar-refractivity contribution >= 4 is 25.0 Å². The molecule has 1 saturated heterocycles. The van der Waals surface area contributed by atoms with Crippen LogP contribution >= 0.6 is 7.60 Å². The Balaban J connectivity index is 2.25. The fourth-order valence-electron chi connectivity index (χ4n) is 3.19. The molecule has 30 heavy (non-hydrogen) atoms. The fraction of sp³-hybridized carbons (Fsp3) is 0.579. The van der Waals surface area contributed by atoms with E-state index in [1.54, 1.807) is 20.9 Å². The molecule has 0 aromatic heterocycles. The van der Waals surface area contributed by atoms with Crippen molar-refractivity contribution in [2.75, 3.05) is 39.8 Å². The number of ketones is 1. The Bertz CT molecular complexity index is 821. The number of nitrogens with zero attached hydrogens (tertiary/aromatic N) is 1. The molecule has 1 aliphatic rings. The molecule has 2 atom stereocenters. The molecular weight excluding hydrogens is 415 g/mol. The van der Waals surface area contributed by atoms with Crippen LogP contribution in [0.15, 0.2) is 12.1 Å². The Hall–Kier alpha value is -1.97. The summed E-state index contributed by atoms with van der Waals surface area (Å²) in [5.74, 6) is -0.764. The molecule has 0 bridgehead atoms. The van der Waals surface area contributed by atoms with E-state index in [9.17, 15) is 14.2 Å². The maximum Gasteiger partial charge on any atom is 0.350 e. The second-order valence-electron chi connectivity index (χ2n) is 6.53. The zero-order chi connectivity index (χ0) is 22.5. The maximum absolute atomic E-state index is 13.1. The number of hydrogen-bond donors (Lipinski definition) is 1. The largest absolute Gasteiger partial charge is 0.493 e. The third kappa shape index (κ3) is 5.19. The Morgan fingerprint density at radius 1 is 1.17 bits per heavy atom. The zero-order valence-electron chi connectivity index (χ0n) is 18.1. The fourth-order valence-corrected chi connectivity index (χ4v) is 5.23. The van der Waals surface area contributed by atoms with Gasteiger partial charge in [-0.2, -0.15) is 5.06 Å². The van der Waals surface area contributed by atoms with Crippen molar-refractivity contribution in [3.05, 3.63) is 17.7 Å². The van der Waals surface area contributed by atoms with Gasteiger partial charge in [-0.05, 0) is 26.8 Å². The Morgan fingerprint density at radius 2 is 1.73 bits per heavy atom. The third-order valence-corrected chi connectivity index (χ3v) is 7.08. The normalized spacial score (nSPS) is 19.5. The van der Waals surface area contributed by atoms with Crippen LogP contribution in [0.2, 0.25) is 0 Å². The lowest BCUT2D eigenvalue weighted by molar-refractivity contribution is -0.155. The van der Waals surface area contributed by atoms with Crippen molar-refractivity contribution in [2.45, 2.75) is 39.1 Å². The number of anilines is 1. The molecule has 1 amide bonds. The molecule has 11 heteroatoms. The van der Waals surface area contributed by atoms with Gasteiger partial charge in [-0.3, -0.25) is 19.0 Å². The average molecular weight is 444 g/mol. The number of carbonyl (C=O) groups is 2. The highest BCUT2D eigenvalue weighted by molar-refractivity contribution is 7.54. The van der Waals surface area contributed by atoms with Gasteiger partial charge in [0.1, 0.15) is 5.78 Å². The van der Waals surface area contributed by atoms with Gasteiger partial charge in [-0.25, -0.2) is 0 Å². The molecule has 1 aliphatic heterocycles. The first-order chi connectivity index (χ1) is 14.2. The van der Waals surface area contributed by atoms with Crippen LogP contribution < -0.4 is 14.8 Å². The van der Waals surface area contributed by atoms with Gasteiger partial charge in [0.25, 0.3) is 5.91 Å². The first-order valence-electron chi connectivity index (χ1n) is 9.56. The highest BCUT2D eigenvalue weighted by Crippen LogP contribution is 2.57. The molecule has 1 N–H and O–H groups in total. The summed E-state index contributed by atoms with van der Waals surface area (Å²) in [6.45, 7) is 5.21. The number of methoxy groups -OCH3 is 2. The molecule has 0 spiro atoms. The van der Waals surface area contributed by atoms with Gasteiger partial charge in [0.05, 0.1) is 33.1 Å². The van der Waals surface area contributed by atoms with E-state index in [-0.39, 0.29) is 36.7 Å². The molecule has 1 aromatic rings. The quantitative estimate of drug-likeness (QED) is 0.430. The minimum Gasteiger partial charge on any atom is -0.493 e. The number of amides is 1. The number of hydrogen-bond acceptors (Lipinski definition) is 9. The molecule has 10 nitrogen and oxygen atoms in total. The Labute approximate surface area is 176 Å². The molecule has 1 fully saturated rings. The van der Waals surface area contributed by atoms with E-state index in [0.717, 1.165) is 0 Å². The smallest absolute Gasteiger partial charge is 0.350 e. The number of ether oxygens (including phenoxy) is 2. The van der Waals surface area contributed by atoms with Gasteiger partial charge < -0.3 is 23.8 Å². The highest BCUT2D eigenvalue weighted by atomic mass is 31.2. The van der Waals surface area contributed by atoms with Crippen LogP contribution in [0.5, 0.6) is 11.5 Å². The van der Waals surface area contributed by atoms with Crippen LogP contribution in [0.1, 0.15) is 37.6 Å². The summed E-state index contributed by atoms with van der Waals surface area (Å²) in [5.41, 5.74) is 0.524. The summed E-state index contributed by atoms with van der Waals surface area (Å²) in [6, 6.07) is 3.01. The summed E-state index contributed by atoms with van der Waals surface area (Å²) in [4.78, 5) is 30.5. The molecule has 0 radical (unpaired) electrons. The minimum atomic E-state index is -3.50. The Kier molecular flexibility index (Phi) is 8.40. The zero-order valence-corrected chi connectivity index (χ0v) is 19.0. The van der Waals surface area contributed by atoms with E-state index in [1.807, 2.05) is 0 Å². The minimum absolute atomic E-state index is 0.0995. The lowest BCUT2D eigenvalue weighted by Gasteiger charge is -2.25. The van der Waals surface area contributed by atoms with Crippen LogP contribution in [0, 0.1) is 0 Å². The summed E-state index contributed by atoms with van der Waals surface area (Å²) in [6.07, 6.45) is -0.843. The average Bonchev–Trinajstić information content (AvgIpc) is 3.10. The number of hydroxylamine groups is 2. The summed E-state index contributed by atoms with van der Waals surface area (Å²) in [5, 5.41) is 4.03. The SMILES string of the molecule is CCOP(=O)(OCC)[C@H]1C[C@H](C(=O)Nc2cc(OC)c(OC)cc2C(C)=O)ON1C. The topological polar surface area (TPSA) is 113 Å². The number of carbonyl (C=O) groups excluding carboxylic acids is 2. The number of nitrogens with one attached hydrogen (secondary N) is 1. The molecule has 1 heterocycles. The van der Waals surface area contributed by atoms with Gasteiger partial charge in [0.2, 0.25) is 0 Å². The van der Waals surface area contributed by atoms with Crippen LogP contribution in [0.4, 0.5) is 5.69 Å². The lowest BCUT2D eigenvalue weighted by Crippen LogP contribution is -2.29. The molecule has 1 aromatic carbocycles. The molecule has 0 saturated carbocycles. The van der Waals surface area contributed by atoms with Crippen molar-refractivity contribution in [2.24, 2.45) is 0 Å². The van der Waals surface area contributed by atoms with Gasteiger partial charge in [-0.1, -0.05) is 0 Å². The van der Waals surface area contributed by atoms with Crippen LogP contribution in [0.25, 0.3) is 0 Å². The van der Waals surface area contributed by atoms with E-state index < -0.39 is 25.4 Å². The van der Waals surface area contributed by atoms with E-state index >= 15 is 0 Å². The molecule has 0 unspecified atom stereocenters. The number of benzene rings is 1. The van der Waals surface area contributed by atoms with Gasteiger partial charge in [0.15, 0.2) is 23.4 Å². The van der Waals surface area contributed by atoms with E-state index in [1.165, 1.54) is 38.3 Å². The molecule has 168 valence electrons. The monoisotopic (exact) mass is 444 g/mol. The predicted octanol–water partition coefficient (Wildman–Crippen LogP) is 3.07. The number of Topliss-reactive ketones (excluding diaryl/α,β-unsaturated/α-hetero) is 1. The molecule has 0 aliphatic carbocycles. The van der Waals surface area contributed by atoms with Crippen molar-refractivity contribution in [1.29, 1.82) is 0 Å². The third-order valence-electron chi connectivity index (χ3n) is 4.57. The first-order valence-corrected chi connectivity index (χ1v) is 11.2. The van der Waals surface area contributed by atoms with Crippen molar-refractivity contribution < 1.29 is 37.5 Å². The lowest BCUT2D eigenvalue weighted by atomic mass is 10.1. The molecule has 2 rings (SSSR count). The number of rotatable bonds is 10. The second kappa shape index (κ2) is 10.4. The van der Waals surface area contributed by atoms with E-state index in [2.05, 4.69) is 5.32 Å². The first kappa shape index (κ1) is 24.3. The van der Waals surface area contributed by atoms with Crippen molar-refractivity contribution in [1.82, 2.24) is 5.06 Å². The van der Waals surface area contributed by atoms with Gasteiger partial charge >= 0.3 is 7.60 Å². The standard InChI is InChI=1S/C19H29N2O8P/c1-7-27-30(24,28-8-2)18-11-17(29-21(18)4)19(23)20-14-10-16(26-6)15(25-5)9-13(14)12(3)22/h9-10,17-18H,7-8,11H2,1-6H3,(H,20,23)/t17-,18+/m1/s1. The molecular formula is C19H29N2O8P. The summed E-state index contributed by atoms with van der Waals surface area (Å²) >= 11 is 0. The van der Waals surface area contributed by atoms with Crippen LogP contribution in [0.3, 0.4) is 0 Å². The van der Waals surface area contributed by atoms with Gasteiger partial charge in [-0.15, -0.1) is 0 Å². The van der Waals surface area contributed by atoms with Crippen LogP contribution in [-0.2, 0) is 23.2 Å². The Morgan fingerprint density at radius 3 is 2.23 bits per heavy atom. The van der Waals surface area contributed by atoms with Crippen LogP contribution in [-0.4, -0.2) is 63.1 Å². The predicted molar refractivity (Wildman–Crippen MR) is 110 cm³/mol.